The number of nitrogens with one attached hydrogen (secondary N) is 1. The smallest absolute Gasteiger partial charge is 0.241 e. The molecule has 3 aromatic rings. The highest BCUT2D eigenvalue weighted by Gasteiger charge is 2.26. The van der Waals surface area contributed by atoms with Crippen molar-refractivity contribution in [3.63, 3.8) is 0 Å². The Hall–Kier alpha value is -3.04. The molecular formula is C26H28BrN5O3. The minimum Gasteiger partial charge on any atom is -0.352 e. The third kappa shape index (κ3) is 5.79. The third-order valence-corrected chi connectivity index (χ3v) is 7.12. The van der Waals surface area contributed by atoms with Gasteiger partial charge in [-0.3, -0.25) is 14.5 Å². The van der Waals surface area contributed by atoms with E-state index in [2.05, 4.69) is 36.3 Å². The molecule has 2 fully saturated rings. The molecule has 9 heteroatoms. The van der Waals surface area contributed by atoms with Gasteiger partial charge in [-0.05, 0) is 62.2 Å². The van der Waals surface area contributed by atoms with Crippen LogP contribution >= 0.6 is 15.9 Å². The monoisotopic (exact) mass is 537 g/mol. The zero-order chi connectivity index (χ0) is 24.2. The number of piperidine rings is 1. The lowest BCUT2D eigenvalue weighted by atomic mass is 9.96. The van der Waals surface area contributed by atoms with E-state index in [-0.39, 0.29) is 17.7 Å². The molecule has 0 aliphatic carbocycles. The first kappa shape index (κ1) is 23.7. The lowest BCUT2D eigenvalue weighted by Crippen LogP contribution is -2.40. The predicted molar refractivity (Wildman–Crippen MR) is 135 cm³/mol. The number of rotatable bonds is 7. The Balaban J connectivity index is 1.09. The second kappa shape index (κ2) is 10.7. The van der Waals surface area contributed by atoms with Crippen molar-refractivity contribution in [3.8, 4) is 11.4 Å². The molecule has 0 radical (unpaired) electrons. The van der Waals surface area contributed by atoms with Gasteiger partial charge in [0, 0.05) is 41.2 Å². The van der Waals surface area contributed by atoms with Crippen molar-refractivity contribution in [1.82, 2.24) is 20.4 Å². The molecule has 0 unspecified atom stereocenters. The molecular weight excluding hydrogens is 510 g/mol. The number of carbonyl (C=O) groups excluding carboxylic acids is 2. The van der Waals surface area contributed by atoms with Gasteiger partial charge in [0.25, 0.3) is 0 Å². The predicted octanol–water partition coefficient (Wildman–Crippen LogP) is 4.15. The van der Waals surface area contributed by atoms with E-state index in [0.717, 1.165) is 60.2 Å². The molecule has 0 bridgehead atoms. The van der Waals surface area contributed by atoms with Crippen molar-refractivity contribution in [3.05, 3.63) is 64.5 Å². The average Bonchev–Trinajstić information content (AvgIpc) is 3.52. The second-order valence-electron chi connectivity index (χ2n) is 9.11. The van der Waals surface area contributed by atoms with Crippen LogP contribution in [0.25, 0.3) is 11.4 Å². The van der Waals surface area contributed by atoms with Crippen LogP contribution in [0.15, 0.2) is 57.5 Å². The summed E-state index contributed by atoms with van der Waals surface area (Å²) < 4.78 is 6.42. The van der Waals surface area contributed by atoms with E-state index < -0.39 is 0 Å². The summed E-state index contributed by atoms with van der Waals surface area (Å²) in [7, 11) is 0. The highest BCUT2D eigenvalue weighted by Crippen LogP contribution is 2.24. The summed E-state index contributed by atoms with van der Waals surface area (Å²) in [6.07, 6.45) is 3.09. The SMILES string of the molecule is O=C(NCc1cccc(N2CCCC2=O)c1)C1CCN(Cc2nc(-c3cccc(Br)c3)no2)CC1. The van der Waals surface area contributed by atoms with Crippen molar-refractivity contribution in [1.29, 1.82) is 0 Å². The van der Waals surface area contributed by atoms with Gasteiger partial charge in [0.15, 0.2) is 0 Å². The number of amides is 2. The number of benzene rings is 2. The third-order valence-electron chi connectivity index (χ3n) is 6.63. The Morgan fingerprint density at radius 1 is 1.11 bits per heavy atom. The van der Waals surface area contributed by atoms with Gasteiger partial charge in [-0.15, -0.1) is 0 Å². The van der Waals surface area contributed by atoms with Gasteiger partial charge in [-0.2, -0.15) is 4.98 Å². The number of aromatic nitrogens is 2. The molecule has 1 N–H and O–H groups in total. The first-order valence-corrected chi connectivity index (χ1v) is 12.8. The van der Waals surface area contributed by atoms with Crippen LogP contribution in [0, 0.1) is 5.92 Å². The van der Waals surface area contributed by atoms with E-state index in [9.17, 15) is 9.59 Å². The molecule has 2 aromatic carbocycles. The minimum absolute atomic E-state index is 0.00509. The lowest BCUT2D eigenvalue weighted by Gasteiger charge is -2.30. The molecule has 2 aliphatic heterocycles. The summed E-state index contributed by atoms with van der Waals surface area (Å²) >= 11 is 3.47. The first-order valence-electron chi connectivity index (χ1n) is 12.0. The van der Waals surface area contributed by atoms with Crippen molar-refractivity contribution in [2.24, 2.45) is 5.92 Å². The van der Waals surface area contributed by atoms with Gasteiger partial charge in [0.05, 0.1) is 6.54 Å². The van der Waals surface area contributed by atoms with Gasteiger partial charge in [0.1, 0.15) is 0 Å². The van der Waals surface area contributed by atoms with Crippen molar-refractivity contribution < 1.29 is 14.1 Å². The Bertz CT molecular complexity index is 1200. The van der Waals surface area contributed by atoms with E-state index in [1.165, 1.54) is 0 Å². The molecule has 0 spiro atoms. The Kier molecular flexibility index (Phi) is 7.24. The zero-order valence-corrected chi connectivity index (χ0v) is 21.0. The number of carbonyl (C=O) groups is 2. The van der Waals surface area contributed by atoms with Crippen LogP contribution in [0.3, 0.4) is 0 Å². The molecule has 1 aromatic heterocycles. The molecule has 182 valence electrons. The average molecular weight is 538 g/mol. The fourth-order valence-corrected chi connectivity index (χ4v) is 5.10. The first-order chi connectivity index (χ1) is 17.0. The van der Waals surface area contributed by atoms with E-state index in [4.69, 9.17) is 4.52 Å². The number of anilines is 1. The molecule has 35 heavy (non-hydrogen) atoms. The van der Waals surface area contributed by atoms with Gasteiger partial charge in [-0.25, -0.2) is 0 Å². The van der Waals surface area contributed by atoms with Gasteiger partial charge >= 0.3 is 0 Å². The summed E-state index contributed by atoms with van der Waals surface area (Å²) in [5.41, 5.74) is 2.82. The Labute approximate surface area is 212 Å². The van der Waals surface area contributed by atoms with Crippen molar-refractivity contribution >= 4 is 33.4 Å². The number of hydrogen-bond donors (Lipinski definition) is 1. The summed E-state index contributed by atoms with van der Waals surface area (Å²) in [6, 6.07) is 15.7. The maximum Gasteiger partial charge on any atom is 0.241 e. The highest BCUT2D eigenvalue weighted by atomic mass is 79.9. The number of hydrogen-bond acceptors (Lipinski definition) is 6. The summed E-state index contributed by atoms with van der Waals surface area (Å²) in [5, 5.41) is 7.19. The topological polar surface area (TPSA) is 91.6 Å². The quantitative estimate of drug-likeness (QED) is 0.486. The van der Waals surface area contributed by atoms with Crippen LogP contribution in [0.4, 0.5) is 5.69 Å². The maximum absolute atomic E-state index is 12.8. The highest BCUT2D eigenvalue weighted by molar-refractivity contribution is 9.10. The van der Waals surface area contributed by atoms with Crippen LogP contribution in [-0.2, 0) is 22.7 Å². The van der Waals surface area contributed by atoms with Gasteiger partial charge in [-0.1, -0.05) is 45.4 Å². The van der Waals surface area contributed by atoms with Crippen LogP contribution in [0.1, 0.15) is 37.1 Å². The summed E-state index contributed by atoms with van der Waals surface area (Å²) in [6.45, 7) is 3.42. The van der Waals surface area contributed by atoms with Crippen molar-refractivity contribution in [2.45, 2.75) is 38.8 Å². The molecule has 2 aliphatic rings. The summed E-state index contributed by atoms with van der Waals surface area (Å²) in [5.74, 6) is 1.41. The van der Waals surface area contributed by atoms with Crippen LogP contribution < -0.4 is 10.2 Å². The largest absolute Gasteiger partial charge is 0.352 e. The van der Waals surface area contributed by atoms with Gasteiger partial charge < -0.3 is 14.7 Å². The standard InChI is InChI=1S/C26H28BrN5O3/c27-21-6-2-5-20(15-21)25-29-23(35-30-25)17-31-12-9-19(10-13-31)26(34)28-16-18-4-1-7-22(14-18)32-11-3-8-24(32)33/h1-2,4-7,14-15,19H,3,8-13,16-17H2,(H,28,34). The number of halogens is 1. The molecule has 0 atom stereocenters. The molecule has 2 saturated heterocycles. The Morgan fingerprint density at radius 3 is 2.71 bits per heavy atom. The number of likely N-dealkylation sites (tertiary alicyclic amines) is 1. The molecule has 2 amide bonds. The normalized spacial score (nSPS) is 17.2. The second-order valence-corrected chi connectivity index (χ2v) is 10.0. The fraction of sp³-hybridized carbons (Fsp3) is 0.385. The Morgan fingerprint density at radius 2 is 1.94 bits per heavy atom. The fourth-order valence-electron chi connectivity index (χ4n) is 4.70. The molecule has 8 nitrogen and oxygen atoms in total. The molecule has 0 saturated carbocycles. The van der Waals surface area contributed by atoms with Gasteiger partial charge in [0.2, 0.25) is 23.5 Å². The molecule has 5 rings (SSSR count). The minimum atomic E-state index is -0.00509. The van der Waals surface area contributed by atoms with Crippen LogP contribution in [-0.4, -0.2) is 46.5 Å². The molecule has 3 heterocycles. The zero-order valence-electron chi connectivity index (χ0n) is 19.5. The summed E-state index contributed by atoms with van der Waals surface area (Å²) in [4.78, 5) is 33.4. The van der Waals surface area contributed by atoms with Crippen molar-refractivity contribution in [2.75, 3.05) is 24.5 Å². The van der Waals surface area contributed by atoms with E-state index in [1.807, 2.05) is 53.4 Å². The lowest BCUT2D eigenvalue weighted by molar-refractivity contribution is -0.126. The van der Waals surface area contributed by atoms with E-state index in [0.29, 0.717) is 31.2 Å². The number of nitrogens with zero attached hydrogens (tertiary/aromatic N) is 4. The van der Waals surface area contributed by atoms with E-state index in [1.54, 1.807) is 0 Å². The maximum atomic E-state index is 12.8. The van der Waals surface area contributed by atoms with Crippen LogP contribution in [0.5, 0.6) is 0 Å². The van der Waals surface area contributed by atoms with Crippen LogP contribution in [0.2, 0.25) is 0 Å². The van der Waals surface area contributed by atoms with E-state index >= 15 is 0 Å².